The molecule has 0 radical (unpaired) electrons. The van der Waals surface area contributed by atoms with Crippen LogP contribution < -0.4 is 0 Å². The second kappa shape index (κ2) is 6.89. The Balaban J connectivity index is 2.08. The van der Waals surface area contributed by atoms with E-state index in [2.05, 4.69) is 0 Å². The van der Waals surface area contributed by atoms with Gasteiger partial charge < -0.3 is 14.6 Å². The minimum Gasteiger partial charge on any atom is -0.395 e. The predicted molar refractivity (Wildman–Crippen MR) is 92.2 cm³/mol. The molecule has 0 aromatic carbocycles. The number of likely N-dealkylation sites (N-methyl/N-ethyl adjacent to an activating group) is 1. The van der Waals surface area contributed by atoms with Gasteiger partial charge in [-0.25, -0.2) is 0 Å². The summed E-state index contributed by atoms with van der Waals surface area (Å²) >= 11 is 3.66. The molecule has 3 rings (SSSR count). The first-order chi connectivity index (χ1) is 10.8. The number of aliphatic hydroxyl groups is 1. The number of thiophene rings is 1. The van der Waals surface area contributed by atoms with Crippen LogP contribution in [0, 0.1) is 0 Å². The molecule has 0 bridgehead atoms. The third-order valence-corrected chi connectivity index (χ3v) is 6.31. The van der Waals surface area contributed by atoms with E-state index >= 15 is 0 Å². The zero-order chi connectivity index (χ0) is 15.5. The van der Waals surface area contributed by atoms with E-state index in [1.165, 1.54) is 10.4 Å². The maximum Gasteiger partial charge on any atom is 0.257 e. The van der Waals surface area contributed by atoms with Crippen LogP contribution in [0.2, 0.25) is 0 Å². The molecule has 0 fully saturated rings. The molecule has 6 heteroatoms. The van der Waals surface area contributed by atoms with Crippen LogP contribution in [0.5, 0.6) is 0 Å². The van der Waals surface area contributed by atoms with Crippen LogP contribution in [-0.2, 0) is 12.2 Å². The molecular weight excluding hydrogens is 316 g/mol. The van der Waals surface area contributed by atoms with Crippen LogP contribution in [-0.4, -0.2) is 45.9 Å². The fraction of sp³-hybridized carbons (Fsp3) is 0.438. The first-order valence-electron chi connectivity index (χ1n) is 7.52. The van der Waals surface area contributed by atoms with E-state index in [1.54, 1.807) is 16.2 Å². The summed E-state index contributed by atoms with van der Waals surface area (Å²) < 4.78 is 2.04. The lowest BCUT2D eigenvalue weighted by molar-refractivity contribution is 0.0731. The van der Waals surface area contributed by atoms with Crippen molar-refractivity contribution in [2.45, 2.75) is 19.1 Å². The van der Waals surface area contributed by atoms with Gasteiger partial charge >= 0.3 is 0 Å². The van der Waals surface area contributed by atoms with Crippen LogP contribution in [0.4, 0.5) is 0 Å². The first kappa shape index (κ1) is 15.6. The highest BCUT2D eigenvalue weighted by Gasteiger charge is 2.28. The summed E-state index contributed by atoms with van der Waals surface area (Å²) in [6.07, 6.45) is 4.93. The zero-order valence-electron chi connectivity index (χ0n) is 12.6. The van der Waals surface area contributed by atoms with Crippen molar-refractivity contribution < 1.29 is 9.90 Å². The van der Waals surface area contributed by atoms with Crippen LogP contribution in [0.25, 0.3) is 5.00 Å². The quantitative estimate of drug-likeness (QED) is 0.913. The van der Waals surface area contributed by atoms with E-state index in [0.29, 0.717) is 13.1 Å². The lowest BCUT2D eigenvalue weighted by Gasteiger charge is -2.22. The van der Waals surface area contributed by atoms with Crippen LogP contribution in [0.15, 0.2) is 24.5 Å². The molecule has 4 nitrogen and oxygen atoms in total. The number of rotatable bonds is 5. The van der Waals surface area contributed by atoms with Gasteiger partial charge in [-0.05, 0) is 36.8 Å². The van der Waals surface area contributed by atoms with E-state index in [1.807, 2.05) is 47.8 Å². The summed E-state index contributed by atoms with van der Waals surface area (Å²) in [7, 11) is 0. The van der Waals surface area contributed by atoms with Crippen molar-refractivity contribution in [3.63, 3.8) is 0 Å². The van der Waals surface area contributed by atoms with E-state index < -0.39 is 0 Å². The monoisotopic (exact) mass is 336 g/mol. The molecule has 118 valence electrons. The van der Waals surface area contributed by atoms with Gasteiger partial charge in [0.1, 0.15) is 5.00 Å². The number of thioether (sulfide) groups is 1. The normalized spacial score (nSPS) is 13.9. The van der Waals surface area contributed by atoms with Crippen molar-refractivity contribution in [2.75, 3.05) is 25.4 Å². The summed E-state index contributed by atoms with van der Waals surface area (Å²) in [6, 6.07) is 3.96. The number of aliphatic hydroxyl groups excluding tert-OH is 1. The second-order valence-electron chi connectivity index (χ2n) is 5.19. The second-order valence-corrected chi connectivity index (χ2v) is 7.37. The molecule has 0 saturated heterocycles. The highest BCUT2D eigenvalue weighted by Crippen LogP contribution is 2.38. The topological polar surface area (TPSA) is 45.5 Å². The molecule has 1 aliphatic heterocycles. The van der Waals surface area contributed by atoms with E-state index in [0.717, 1.165) is 28.5 Å². The minimum absolute atomic E-state index is 0.000608. The van der Waals surface area contributed by atoms with Crippen molar-refractivity contribution in [2.24, 2.45) is 0 Å². The van der Waals surface area contributed by atoms with Gasteiger partial charge in [-0.2, -0.15) is 11.8 Å². The first-order valence-corrected chi connectivity index (χ1v) is 9.49. The third kappa shape index (κ3) is 2.83. The van der Waals surface area contributed by atoms with Crippen LogP contribution in [0.3, 0.4) is 0 Å². The van der Waals surface area contributed by atoms with Crippen molar-refractivity contribution in [1.82, 2.24) is 9.47 Å². The lowest BCUT2D eigenvalue weighted by atomic mass is 10.1. The van der Waals surface area contributed by atoms with E-state index in [-0.39, 0.29) is 12.5 Å². The molecule has 0 unspecified atom stereocenters. The Morgan fingerprint density at radius 2 is 2.18 bits per heavy atom. The number of carbonyl (C=O) groups is 1. The average Bonchev–Trinajstić information content (AvgIpc) is 3.18. The van der Waals surface area contributed by atoms with Gasteiger partial charge in [0.25, 0.3) is 5.91 Å². The molecule has 2 aromatic heterocycles. The summed E-state index contributed by atoms with van der Waals surface area (Å²) in [5.74, 6) is 2.11. The predicted octanol–water partition coefficient (Wildman–Crippen LogP) is 2.78. The summed E-state index contributed by atoms with van der Waals surface area (Å²) in [4.78, 5) is 16.1. The van der Waals surface area contributed by atoms with Crippen molar-refractivity contribution in [3.05, 3.63) is 40.5 Å². The Hall–Kier alpha value is -1.24. The highest BCUT2D eigenvalue weighted by atomic mass is 32.2. The number of amides is 1. The van der Waals surface area contributed by atoms with Crippen molar-refractivity contribution >= 4 is 29.0 Å². The Labute approximate surface area is 138 Å². The average molecular weight is 336 g/mol. The fourth-order valence-corrected chi connectivity index (χ4v) is 5.21. The smallest absolute Gasteiger partial charge is 0.257 e. The molecule has 2 aromatic rings. The lowest BCUT2D eigenvalue weighted by Crippen LogP contribution is -2.34. The minimum atomic E-state index is 0.000608. The number of hydrogen-bond acceptors (Lipinski definition) is 4. The summed E-state index contributed by atoms with van der Waals surface area (Å²) in [6.45, 7) is 2.96. The van der Waals surface area contributed by atoms with Gasteiger partial charge in [-0.15, -0.1) is 11.3 Å². The molecule has 1 aliphatic rings. The molecule has 3 heterocycles. The number of nitrogens with zero attached hydrogens (tertiary/aromatic N) is 2. The Kier molecular flexibility index (Phi) is 4.90. The molecule has 1 amide bonds. The number of hydrogen-bond donors (Lipinski definition) is 1. The summed E-state index contributed by atoms with van der Waals surface area (Å²) in [5, 5.41) is 10.2. The number of fused-ring (bicyclic) bond motifs is 1. The van der Waals surface area contributed by atoms with Crippen molar-refractivity contribution in [1.29, 1.82) is 0 Å². The highest BCUT2D eigenvalue weighted by molar-refractivity contribution is 7.98. The van der Waals surface area contributed by atoms with Gasteiger partial charge in [0.05, 0.1) is 12.2 Å². The van der Waals surface area contributed by atoms with Gasteiger partial charge in [0, 0.05) is 36.1 Å². The molecule has 0 atom stereocenters. The van der Waals surface area contributed by atoms with Gasteiger partial charge in [0.2, 0.25) is 0 Å². The maximum absolute atomic E-state index is 13.0. The molecular formula is C16H20N2O2S2. The molecule has 1 N–H and O–H groups in total. The van der Waals surface area contributed by atoms with Crippen molar-refractivity contribution in [3.8, 4) is 5.00 Å². The van der Waals surface area contributed by atoms with E-state index in [4.69, 9.17) is 0 Å². The Morgan fingerprint density at radius 3 is 2.86 bits per heavy atom. The Bertz CT molecular complexity index is 649. The van der Waals surface area contributed by atoms with Gasteiger partial charge in [-0.1, -0.05) is 0 Å². The molecule has 0 aliphatic carbocycles. The molecule has 22 heavy (non-hydrogen) atoms. The standard InChI is InChI=1S/C16H20N2O2S2/c1-2-17(8-9-19)15(20)14-12-5-10-21-11-13(12)22-16(14)18-6-3-4-7-18/h3-4,6-7,19H,2,5,8-11H2,1H3. The molecule has 0 spiro atoms. The number of carbonyl (C=O) groups excluding carboxylic acids is 1. The fourth-order valence-electron chi connectivity index (χ4n) is 2.77. The van der Waals surface area contributed by atoms with Gasteiger partial charge in [0.15, 0.2) is 0 Å². The summed E-state index contributed by atoms with van der Waals surface area (Å²) in [5.41, 5.74) is 2.06. The number of aromatic nitrogens is 1. The third-order valence-electron chi connectivity index (χ3n) is 3.89. The Morgan fingerprint density at radius 1 is 1.41 bits per heavy atom. The van der Waals surface area contributed by atoms with Crippen LogP contribution >= 0.6 is 23.1 Å². The maximum atomic E-state index is 13.0. The van der Waals surface area contributed by atoms with Crippen LogP contribution in [0.1, 0.15) is 27.7 Å². The van der Waals surface area contributed by atoms with E-state index in [9.17, 15) is 9.90 Å². The largest absolute Gasteiger partial charge is 0.395 e. The SMILES string of the molecule is CCN(CCO)C(=O)c1c(-n2cccc2)sc2c1CCSC2. The molecule has 0 saturated carbocycles. The van der Waals surface area contributed by atoms with Gasteiger partial charge in [-0.3, -0.25) is 4.79 Å². The zero-order valence-corrected chi connectivity index (χ0v) is 14.3.